The molecule has 1 atom stereocenters. The molecule has 0 saturated carbocycles. The van der Waals surface area contributed by atoms with E-state index in [4.69, 9.17) is 5.11 Å². The number of rotatable bonds is 1. The number of hydrogen-bond acceptors (Lipinski definition) is 4. The monoisotopic (exact) mass is 292 g/mol. The van der Waals surface area contributed by atoms with Gasteiger partial charge in [0.1, 0.15) is 6.61 Å². The number of amides is 1. The Morgan fingerprint density at radius 3 is 2.95 bits per heavy atom. The van der Waals surface area contributed by atoms with E-state index in [1.54, 1.807) is 0 Å². The molecule has 1 aliphatic rings. The SMILES string of the molecule is Cc1cc(C(=O)N2CCN(C)C(C)C2)sc1C#CCO. The highest BCUT2D eigenvalue weighted by Gasteiger charge is 2.26. The van der Waals surface area contributed by atoms with Crippen molar-refractivity contribution in [2.45, 2.75) is 19.9 Å². The summed E-state index contributed by atoms with van der Waals surface area (Å²) in [6.45, 7) is 6.38. The standard InChI is InChI=1S/C15H20N2O2S/c1-11-9-14(20-13(11)5-4-8-18)15(19)17-7-6-16(3)12(2)10-17/h9,12,18H,6-8,10H2,1-3H3. The van der Waals surface area contributed by atoms with E-state index in [0.717, 1.165) is 35.0 Å². The normalized spacial score (nSPS) is 19.6. The fraction of sp³-hybridized carbons (Fsp3) is 0.533. The lowest BCUT2D eigenvalue weighted by atomic mass is 10.2. The van der Waals surface area contributed by atoms with E-state index in [2.05, 4.69) is 30.7 Å². The van der Waals surface area contributed by atoms with Crippen LogP contribution in [0, 0.1) is 18.8 Å². The maximum atomic E-state index is 12.5. The van der Waals surface area contributed by atoms with Gasteiger partial charge in [-0.25, -0.2) is 0 Å². The van der Waals surface area contributed by atoms with Gasteiger partial charge in [0.05, 0.1) is 9.75 Å². The lowest BCUT2D eigenvalue weighted by molar-refractivity contribution is 0.0577. The maximum Gasteiger partial charge on any atom is 0.264 e. The van der Waals surface area contributed by atoms with Gasteiger partial charge in [0.25, 0.3) is 5.91 Å². The summed E-state index contributed by atoms with van der Waals surface area (Å²) < 4.78 is 0. The van der Waals surface area contributed by atoms with Crippen molar-refractivity contribution in [1.82, 2.24) is 9.80 Å². The van der Waals surface area contributed by atoms with Gasteiger partial charge in [0.2, 0.25) is 0 Å². The molecule has 20 heavy (non-hydrogen) atoms. The van der Waals surface area contributed by atoms with Crippen LogP contribution in [0.5, 0.6) is 0 Å². The summed E-state index contributed by atoms with van der Waals surface area (Å²) in [5.74, 6) is 5.62. The fourth-order valence-electron chi connectivity index (χ4n) is 2.22. The molecule has 0 spiro atoms. The molecule has 1 saturated heterocycles. The van der Waals surface area contributed by atoms with Gasteiger partial charge in [0.15, 0.2) is 0 Å². The summed E-state index contributed by atoms with van der Waals surface area (Å²) >= 11 is 1.41. The number of carbonyl (C=O) groups is 1. The number of aliphatic hydroxyl groups is 1. The molecule has 2 rings (SSSR count). The topological polar surface area (TPSA) is 43.8 Å². The van der Waals surface area contributed by atoms with E-state index < -0.39 is 0 Å². The van der Waals surface area contributed by atoms with Gasteiger partial charge in [-0.2, -0.15) is 0 Å². The molecular formula is C15H20N2O2S. The van der Waals surface area contributed by atoms with Crippen molar-refractivity contribution in [3.05, 3.63) is 21.4 Å². The third kappa shape index (κ3) is 3.21. The molecule has 0 aliphatic carbocycles. The number of likely N-dealkylation sites (N-methyl/N-ethyl adjacent to an activating group) is 1. The van der Waals surface area contributed by atoms with Crippen LogP contribution in [0.1, 0.15) is 27.0 Å². The van der Waals surface area contributed by atoms with E-state index in [1.165, 1.54) is 11.3 Å². The Bertz CT molecular complexity index is 556. The molecular weight excluding hydrogens is 272 g/mol. The summed E-state index contributed by atoms with van der Waals surface area (Å²) in [6.07, 6.45) is 0. The Morgan fingerprint density at radius 1 is 1.55 bits per heavy atom. The number of carbonyl (C=O) groups excluding carboxylic acids is 1. The van der Waals surface area contributed by atoms with Crippen molar-refractivity contribution < 1.29 is 9.90 Å². The van der Waals surface area contributed by atoms with Gasteiger partial charge in [0, 0.05) is 25.7 Å². The molecule has 0 aromatic carbocycles. The first-order valence-corrected chi connectivity index (χ1v) is 7.54. The largest absolute Gasteiger partial charge is 0.384 e. The van der Waals surface area contributed by atoms with Gasteiger partial charge in [-0.1, -0.05) is 11.8 Å². The Kier molecular flexibility index (Phi) is 4.81. The lowest BCUT2D eigenvalue weighted by Crippen LogP contribution is -2.51. The predicted molar refractivity (Wildman–Crippen MR) is 81.0 cm³/mol. The Labute approximate surface area is 124 Å². The minimum atomic E-state index is -0.156. The second-order valence-electron chi connectivity index (χ2n) is 5.16. The predicted octanol–water partition coefficient (Wildman–Crippen LogP) is 1.18. The van der Waals surface area contributed by atoms with Crippen LogP contribution in [0.3, 0.4) is 0 Å². The van der Waals surface area contributed by atoms with E-state index in [9.17, 15) is 4.79 Å². The molecule has 0 radical (unpaired) electrons. The van der Waals surface area contributed by atoms with Crippen molar-refractivity contribution in [2.24, 2.45) is 0 Å². The minimum Gasteiger partial charge on any atom is -0.384 e. The molecule has 108 valence electrons. The van der Waals surface area contributed by atoms with Gasteiger partial charge < -0.3 is 14.9 Å². The molecule has 1 fully saturated rings. The summed E-state index contributed by atoms with van der Waals surface area (Å²) in [5, 5.41) is 8.74. The first kappa shape index (κ1) is 15.0. The minimum absolute atomic E-state index is 0.0927. The van der Waals surface area contributed by atoms with E-state index in [0.29, 0.717) is 6.04 Å². The van der Waals surface area contributed by atoms with Gasteiger partial charge in [-0.15, -0.1) is 11.3 Å². The van der Waals surface area contributed by atoms with Gasteiger partial charge in [-0.3, -0.25) is 4.79 Å². The molecule has 1 N–H and O–H groups in total. The number of hydrogen-bond donors (Lipinski definition) is 1. The Morgan fingerprint density at radius 2 is 2.30 bits per heavy atom. The van der Waals surface area contributed by atoms with Crippen LogP contribution in [-0.4, -0.2) is 60.1 Å². The number of aryl methyl sites for hydroxylation is 1. The van der Waals surface area contributed by atoms with Gasteiger partial charge in [-0.05, 0) is 32.5 Å². The zero-order valence-corrected chi connectivity index (χ0v) is 13.0. The summed E-state index contributed by atoms with van der Waals surface area (Å²) in [4.78, 5) is 18.3. The molecule has 1 aromatic rings. The van der Waals surface area contributed by atoms with Crippen LogP contribution in [0.4, 0.5) is 0 Å². The van der Waals surface area contributed by atoms with Crippen molar-refractivity contribution in [1.29, 1.82) is 0 Å². The van der Waals surface area contributed by atoms with Crippen LogP contribution in [0.15, 0.2) is 6.07 Å². The molecule has 0 bridgehead atoms. The van der Waals surface area contributed by atoms with Crippen molar-refractivity contribution in [3.63, 3.8) is 0 Å². The molecule has 1 unspecified atom stereocenters. The van der Waals surface area contributed by atoms with Crippen molar-refractivity contribution in [2.75, 3.05) is 33.3 Å². The average molecular weight is 292 g/mol. The van der Waals surface area contributed by atoms with Crippen LogP contribution < -0.4 is 0 Å². The van der Waals surface area contributed by atoms with Crippen molar-refractivity contribution >= 4 is 17.2 Å². The third-order valence-electron chi connectivity index (χ3n) is 3.66. The first-order valence-electron chi connectivity index (χ1n) is 6.72. The summed E-state index contributed by atoms with van der Waals surface area (Å²) in [5.41, 5.74) is 1.00. The highest BCUT2D eigenvalue weighted by atomic mass is 32.1. The molecule has 1 aliphatic heterocycles. The molecule has 5 heteroatoms. The Hall–Kier alpha value is -1.35. The van der Waals surface area contributed by atoms with Gasteiger partial charge >= 0.3 is 0 Å². The second kappa shape index (κ2) is 6.40. The van der Waals surface area contributed by atoms with Crippen molar-refractivity contribution in [3.8, 4) is 11.8 Å². The summed E-state index contributed by atoms with van der Waals surface area (Å²) in [6, 6.07) is 2.29. The molecule has 2 heterocycles. The van der Waals surface area contributed by atoms with E-state index >= 15 is 0 Å². The maximum absolute atomic E-state index is 12.5. The van der Waals surface area contributed by atoms with E-state index in [-0.39, 0.29) is 12.5 Å². The fourth-order valence-corrected chi connectivity index (χ4v) is 3.24. The first-order chi connectivity index (χ1) is 9.52. The number of piperazine rings is 1. The highest BCUT2D eigenvalue weighted by molar-refractivity contribution is 7.14. The van der Waals surface area contributed by atoms with Crippen LogP contribution >= 0.6 is 11.3 Å². The quantitative estimate of drug-likeness (QED) is 0.791. The average Bonchev–Trinajstić information content (AvgIpc) is 2.80. The number of aliphatic hydroxyl groups excluding tert-OH is 1. The third-order valence-corrected chi connectivity index (χ3v) is 4.80. The molecule has 1 aromatic heterocycles. The highest BCUT2D eigenvalue weighted by Crippen LogP contribution is 2.23. The van der Waals surface area contributed by atoms with E-state index in [1.807, 2.05) is 17.9 Å². The van der Waals surface area contributed by atoms with Crippen LogP contribution in [0.2, 0.25) is 0 Å². The Balaban J connectivity index is 2.13. The smallest absolute Gasteiger partial charge is 0.264 e. The zero-order chi connectivity index (χ0) is 14.7. The molecule has 4 nitrogen and oxygen atoms in total. The molecule has 1 amide bonds. The van der Waals surface area contributed by atoms with Crippen LogP contribution in [-0.2, 0) is 0 Å². The number of thiophene rings is 1. The lowest BCUT2D eigenvalue weighted by Gasteiger charge is -2.37. The van der Waals surface area contributed by atoms with Crippen LogP contribution in [0.25, 0.3) is 0 Å². The summed E-state index contributed by atoms with van der Waals surface area (Å²) in [7, 11) is 2.09. The second-order valence-corrected chi connectivity index (χ2v) is 6.22. The number of nitrogens with zero attached hydrogens (tertiary/aromatic N) is 2. The zero-order valence-electron chi connectivity index (χ0n) is 12.1.